The van der Waals surface area contributed by atoms with Crippen LogP contribution in [0.3, 0.4) is 0 Å². The largest absolute Gasteiger partial charge is 0.454 e. The zero-order chi connectivity index (χ0) is 14.0. The molecule has 0 unspecified atom stereocenters. The van der Waals surface area contributed by atoms with E-state index in [1.54, 1.807) is 0 Å². The lowest BCUT2D eigenvalue weighted by molar-refractivity contribution is 0.174. The van der Waals surface area contributed by atoms with Gasteiger partial charge in [-0.3, -0.25) is 0 Å². The minimum atomic E-state index is 0.323. The molecule has 0 atom stereocenters. The highest BCUT2D eigenvalue weighted by atomic mass is 16.7. The highest BCUT2D eigenvalue weighted by molar-refractivity contribution is 5.44. The number of benzene rings is 1. The molecule has 100 valence electrons. The van der Waals surface area contributed by atoms with Crippen molar-refractivity contribution in [3.63, 3.8) is 0 Å². The second kappa shape index (κ2) is 9.38. The predicted molar refractivity (Wildman–Crippen MR) is 75.5 cm³/mol. The molecule has 0 radical (unpaired) electrons. The van der Waals surface area contributed by atoms with E-state index < -0.39 is 0 Å². The molecule has 1 heterocycles. The number of rotatable bonds is 2. The summed E-state index contributed by atoms with van der Waals surface area (Å²) in [4.78, 5) is 0. The fourth-order valence-corrected chi connectivity index (χ4v) is 1.07. The van der Waals surface area contributed by atoms with E-state index in [1.807, 2.05) is 18.2 Å². The zero-order valence-electron chi connectivity index (χ0n) is 11.5. The lowest BCUT2D eigenvalue weighted by atomic mass is 10.2. The van der Waals surface area contributed by atoms with Crippen molar-refractivity contribution in [1.29, 1.82) is 0 Å². The van der Waals surface area contributed by atoms with Crippen LogP contribution in [0.25, 0.3) is 0 Å². The normalized spacial score (nSPS) is 11.1. The first-order chi connectivity index (χ1) is 8.67. The summed E-state index contributed by atoms with van der Waals surface area (Å²) in [6.45, 7) is 7.50. The fourth-order valence-electron chi connectivity index (χ4n) is 1.07. The topological polar surface area (TPSA) is 44.5 Å². The SMILES string of the molecule is C#C.CCC(C)C.NCc1ccc2c(c1)OCO2. The van der Waals surface area contributed by atoms with Crippen LogP contribution in [0, 0.1) is 18.8 Å². The highest BCUT2D eigenvalue weighted by Gasteiger charge is 2.11. The number of ether oxygens (including phenoxy) is 2. The van der Waals surface area contributed by atoms with Gasteiger partial charge in [0.1, 0.15) is 0 Å². The molecular formula is C15H23NO2. The Labute approximate surface area is 110 Å². The van der Waals surface area contributed by atoms with Gasteiger partial charge in [-0.1, -0.05) is 33.3 Å². The first-order valence-corrected chi connectivity index (χ1v) is 6.09. The Morgan fingerprint density at radius 3 is 2.28 bits per heavy atom. The standard InChI is InChI=1S/C8H9NO2.C5H12.C2H2/c9-4-6-1-2-7-8(3-6)11-5-10-7;1-4-5(2)3;1-2/h1-3H,4-5,9H2;5H,4H2,1-3H3;1-2H. The van der Waals surface area contributed by atoms with E-state index >= 15 is 0 Å². The van der Waals surface area contributed by atoms with Crippen LogP contribution < -0.4 is 15.2 Å². The van der Waals surface area contributed by atoms with Crippen LogP contribution in [0.5, 0.6) is 11.5 Å². The molecule has 0 saturated heterocycles. The quantitative estimate of drug-likeness (QED) is 0.819. The average Bonchev–Trinajstić information content (AvgIpc) is 2.88. The van der Waals surface area contributed by atoms with Crippen molar-refractivity contribution in [3.8, 4) is 24.3 Å². The zero-order valence-corrected chi connectivity index (χ0v) is 11.5. The molecule has 0 amide bonds. The number of nitrogens with two attached hydrogens (primary N) is 1. The fraction of sp³-hybridized carbons (Fsp3) is 0.467. The van der Waals surface area contributed by atoms with Crippen LogP contribution in [-0.4, -0.2) is 6.79 Å². The van der Waals surface area contributed by atoms with Gasteiger partial charge in [0.25, 0.3) is 0 Å². The van der Waals surface area contributed by atoms with E-state index in [-0.39, 0.29) is 0 Å². The predicted octanol–water partition coefficient (Wildman–Crippen LogP) is 3.18. The maximum absolute atomic E-state index is 5.45. The molecule has 3 heteroatoms. The lowest BCUT2D eigenvalue weighted by Gasteiger charge is -1.97. The molecular weight excluding hydrogens is 226 g/mol. The molecule has 0 aromatic heterocycles. The van der Waals surface area contributed by atoms with E-state index in [0.717, 1.165) is 23.0 Å². The van der Waals surface area contributed by atoms with E-state index in [9.17, 15) is 0 Å². The number of fused-ring (bicyclic) bond motifs is 1. The number of hydrogen-bond acceptors (Lipinski definition) is 3. The Morgan fingerprint density at radius 2 is 1.78 bits per heavy atom. The minimum absolute atomic E-state index is 0.323. The van der Waals surface area contributed by atoms with Crippen molar-refractivity contribution in [2.45, 2.75) is 33.7 Å². The van der Waals surface area contributed by atoms with Gasteiger partial charge in [0.2, 0.25) is 6.79 Å². The van der Waals surface area contributed by atoms with Crippen LogP contribution in [0.2, 0.25) is 0 Å². The van der Waals surface area contributed by atoms with E-state index in [4.69, 9.17) is 15.2 Å². The Bertz CT molecular complexity index is 359. The molecule has 1 aliphatic heterocycles. The van der Waals surface area contributed by atoms with Crippen LogP contribution in [0.4, 0.5) is 0 Å². The molecule has 2 N–H and O–H groups in total. The molecule has 3 nitrogen and oxygen atoms in total. The molecule has 0 saturated carbocycles. The summed E-state index contributed by atoms with van der Waals surface area (Å²) < 4.78 is 10.3. The van der Waals surface area contributed by atoms with Crippen molar-refractivity contribution < 1.29 is 9.47 Å². The summed E-state index contributed by atoms with van der Waals surface area (Å²) >= 11 is 0. The van der Waals surface area contributed by atoms with Crippen LogP contribution >= 0.6 is 0 Å². The Balaban J connectivity index is 0.000000354. The van der Waals surface area contributed by atoms with Crippen LogP contribution in [-0.2, 0) is 6.54 Å². The monoisotopic (exact) mass is 249 g/mol. The molecule has 0 spiro atoms. The maximum Gasteiger partial charge on any atom is 0.231 e. The first kappa shape index (κ1) is 16.3. The minimum Gasteiger partial charge on any atom is -0.454 e. The van der Waals surface area contributed by atoms with Crippen molar-refractivity contribution in [2.24, 2.45) is 11.7 Å². The second-order valence-corrected chi connectivity index (χ2v) is 4.19. The van der Waals surface area contributed by atoms with Gasteiger partial charge in [-0.05, 0) is 23.6 Å². The van der Waals surface area contributed by atoms with Crippen molar-refractivity contribution in [2.75, 3.05) is 6.79 Å². The van der Waals surface area contributed by atoms with Gasteiger partial charge in [-0.25, -0.2) is 0 Å². The Kier molecular flexibility index (Phi) is 8.51. The molecule has 0 bridgehead atoms. The van der Waals surface area contributed by atoms with Gasteiger partial charge < -0.3 is 15.2 Å². The van der Waals surface area contributed by atoms with Crippen molar-refractivity contribution in [3.05, 3.63) is 23.8 Å². The first-order valence-electron chi connectivity index (χ1n) is 6.09. The van der Waals surface area contributed by atoms with Gasteiger partial charge in [0, 0.05) is 6.54 Å². The molecule has 1 aromatic carbocycles. The third-order valence-electron chi connectivity index (χ3n) is 2.49. The Hall–Kier alpha value is -1.66. The van der Waals surface area contributed by atoms with Gasteiger partial charge in [0.05, 0.1) is 0 Å². The van der Waals surface area contributed by atoms with E-state index in [0.29, 0.717) is 13.3 Å². The summed E-state index contributed by atoms with van der Waals surface area (Å²) in [6, 6.07) is 5.72. The van der Waals surface area contributed by atoms with Gasteiger partial charge in [0.15, 0.2) is 11.5 Å². The summed E-state index contributed by atoms with van der Waals surface area (Å²) in [5, 5.41) is 0. The molecule has 0 aliphatic carbocycles. The molecule has 1 aliphatic rings. The average molecular weight is 249 g/mol. The molecule has 18 heavy (non-hydrogen) atoms. The smallest absolute Gasteiger partial charge is 0.231 e. The highest BCUT2D eigenvalue weighted by Crippen LogP contribution is 2.32. The van der Waals surface area contributed by atoms with Crippen LogP contribution in [0.15, 0.2) is 18.2 Å². The third kappa shape index (κ3) is 5.60. The summed E-state index contributed by atoms with van der Waals surface area (Å²) in [6.07, 6.45) is 9.31. The third-order valence-corrected chi connectivity index (χ3v) is 2.49. The van der Waals surface area contributed by atoms with Crippen molar-refractivity contribution >= 4 is 0 Å². The van der Waals surface area contributed by atoms with Gasteiger partial charge in [-0.15, -0.1) is 12.8 Å². The summed E-state index contributed by atoms with van der Waals surface area (Å²) in [5.41, 5.74) is 6.51. The molecule has 1 aromatic rings. The summed E-state index contributed by atoms with van der Waals surface area (Å²) in [7, 11) is 0. The van der Waals surface area contributed by atoms with Crippen LogP contribution in [0.1, 0.15) is 32.8 Å². The Morgan fingerprint density at radius 1 is 1.22 bits per heavy atom. The maximum atomic E-state index is 5.45. The van der Waals surface area contributed by atoms with E-state index in [1.165, 1.54) is 6.42 Å². The lowest BCUT2D eigenvalue weighted by Crippen LogP contribution is -1.95. The molecule has 2 rings (SSSR count). The number of terminal acetylenes is 1. The van der Waals surface area contributed by atoms with Crippen molar-refractivity contribution in [1.82, 2.24) is 0 Å². The number of hydrogen-bond donors (Lipinski definition) is 1. The van der Waals surface area contributed by atoms with Gasteiger partial charge >= 0.3 is 0 Å². The molecule has 0 fully saturated rings. The summed E-state index contributed by atoms with van der Waals surface area (Å²) in [5.74, 6) is 2.49. The second-order valence-electron chi connectivity index (χ2n) is 4.19. The van der Waals surface area contributed by atoms with Gasteiger partial charge in [-0.2, -0.15) is 0 Å². The van der Waals surface area contributed by atoms with E-state index in [2.05, 4.69) is 33.6 Å².